The Balaban J connectivity index is 1.84. The lowest BCUT2D eigenvalue weighted by atomic mass is 10.3. The molecule has 0 saturated heterocycles. The minimum atomic E-state index is -3.96. The highest BCUT2D eigenvalue weighted by molar-refractivity contribution is 9.10. The lowest BCUT2D eigenvalue weighted by Crippen LogP contribution is -2.39. The molecule has 148 valence electrons. The maximum Gasteiger partial charge on any atom is 0.264 e. The zero-order chi connectivity index (χ0) is 20.7. The Morgan fingerprint density at radius 3 is 2.52 bits per heavy atom. The second-order valence-electron chi connectivity index (χ2n) is 5.85. The summed E-state index contributed by atoms with van der Waals surface area (Å²) in [6.45, 7) is -0.437. The largest absolute Gasteiger partial charge is 0.271 e. The molecule has 0 saturated carbocycles. The normalized spacial score (nSPS) is 11.3. The molecule has 7 nitrogen and oxygen atoms in total. The number of rotatable bonds is 7. The summed E-state index contributed by atoms with van der Waals surface area (Å²) in [4.78, 5) is 16.6. The maximum absolute atomic E-state index is 13.2. The van der Waals surface area contributed by atoms with Gasteiger partial charge in [-0.25, -0.2) is 13.8 Å². The number of hydrogen-bond donors (Lipinski definition) is 1. The number of aromatic nitrogens is 1. The number of sulfonamides is 1. The third-order valence-electron chi connectivity index (χ3n) is 3.79. The number of hydrazone groups is 1. The number of halogens is 1. The van der Waals surface area contributed by atoms with E-state index in [-0.39, 0.29) is 4.90 Å². The summed E-state index contributed by atoms with van der Waals surface area (Å²) >= 11 is 3.33. The summed E-state index contributed by atoms with van der Waals surface area (Å²) in [5.74, 6) is -0.586. The molecule has 0 bridgehead atoms. The highest BCUT2D eigenvalue weighted by atomic mass is 79.9. The Morgan fingerprint density at radius 1 is 1.07 bits per heavy atom. The van der Waals surface area contributed by atoms with Crippen molar-refractivity contribution in [3.8, 4) is 0 Å². The number of hydrogen-bond acceptors (Lipinski definition) is 5. The van der Waals surface area contributed by atoms with E-state index in [1.807, 2.05) is 0 Å². The van der Waals surface area contributed by atoms with Gasteiger partial charge in [0.2, 0.25) is 0 Å². The van der Waals surface area contributed by atoms with Crippen molar-refractivity contribution in [2.24, 2.45) is 5.10 Å². The van der Waals surface area contributed by atoms with Gasteiger partial charge in [0.05, 0.1) is 22.5 Å². The van der Waals surface area contributed by atoms with Gasteiger partial charge in [-0.05, 0) is 42.5 Å². The van der Waals surface area contributed by atoms with Crippen LogP contribution in [0.3, 0.4) is 0 Å². The van der Waals surface area contributed by atoms with Gasteiger partial charge in [-0.3, -0.25) is 14.1 Å². The van der Waals surface area contributed by atoms with E-state index in [0.29, 0.717) is 15.9 Å². The SMILES string of the molecule is O=C(CN(c1cccc(Br)c1)S(=O)(=O)c1ccccc1)N/N=C\c1ccccn1. The number of carbonyl (C=O) groups excluding carboxylic acids is 1. The van der Waals surface area contributed by atoms with Gasteiger partial charge < -0.3 is 0 Å². The predicted molar refractivity (Wildman–Crippen MR) is 115 cm³/mol. The summed E-state index contributed by atoms with van der Waals surface area (Å²) in [5, 5.41) is 3.84. The molecule has 0 fully saturated rings. The molecule has 9 heteroatoms. The van der Waals surface area contributed by atoms with Gasteiger partial charge in [-0.15, -0.1) is 0 Å². The third kappa shape index (κ3) is 5.49. The Morgan fingerprint density at radius 2 is 1.83 bits per heavy atom. The molecule has 3 rings (SSSR count). The molecule has 0 spiro atoms. The fourth-order valence-electron chi connectivity index (χ4n) is 2.45. The van der Waals surface area contributed by atoms with E-state index in [1.165, 1.54) is 18.3 Å². The van der Waals surface area contributed by atoms with E-state index in [4.69, 9.17) is 0 Å². The van der Waals surface area contributed by atoms with Crippen LogP contribution in [-0.2, 0) is 14.8 Å². The van der Waals surface area contributed by atoms with Crippen LogP contribution in [0.25, 0.3) is 0 Å². The number of amides is 1. The van der Waals surface area contributed by atoms with Crippen LogP contribution in [0.2, 0.25) is 0 Å². The molecule has 0 aliphatic carbocycles. The number of anilines is 1. The van der Waals surface area contributed by atoms with E-state index in [0.717, 1.165) is 4.31 Å². The van der Waals surface area contributed by atoms with Crippen LogP contribution in [0.5, 0.6) is 0 Å². The second-order valence-corrected chi connectivity index (χ2v) is 8.63. The molecular formula is C20H17BrN4O3S. The van der Waals surface area contributed by atoms with E-state index in [2.05, 4.69) is 31.4 Å². The van der Waals surface area contributed by atoms with Crippen molar-refractivity contribution in [2.75, 3.05) is 10.8 Å². The van der Waals surface area contributed by atoms with Gasteiger partial charge in [0.25, 0.3) is 15.9 Å². The molecule has 3 aromatic rings. The summed E-state index contributed by atoms with van der Waals surface area (Å²) in [6, 6.07) is 19.9. The zero-order valence-electron chi connectivity index (χ0n) is 15.1. The van der Waals surface area contributed by atoms with Crippen LogP contribution in [0.1, 0.15) is 5.69 Å². The summed E-state index contributed by atoms with van der Waals surface area (Å²) in [7, 11) is -3.96. The average Bonchev–Trinajstić information content (AvgIpc) is 2.73. The summed E-state index contributed by atoms with van der Waals surface area (Å²) in [5.41, 5.74) is 3.26. The van der Waals surface area contributed by atoms with Crippen molar-refractivity contribution in [3.05, 3.63) is 89.2 Å². The lowest BCUT2D eigenvalue weighted by Gasteiger charge is -2.23. The Hall–Kier alpha value is -3.04. The molecular weight excluding hydrogens is 456 g/mol. The highest BCUT2D eigenvalue weighted by Crippen LogP contribution is 2.26. The first-order valence-electron chi connectivity index (χ1n) is 8.53. The van der Waals surface area contributed by atoms with Crippen LogP contribution in [-0.4, -0.2) is 32.1 Å². The summed E-state index contributed by atoms with van der Waals surface area (Å²) in [6.07, 6.45) is 2.98. The lowest BCUT2D eigenvalue weighted by molar-refractivity contribution is -0.119. The number of pyridine rings is 1. The highest BCUT2D eigenvalue weighted by Gasteiger charge is 2.27. The molecule has 1 heterocycles. The first-order chi connectivity index (χ1) is 14.0. The van der Waals surface area contributed by atoms with E-state index in [9.17, 15) is 13.2 Å². The second kappa shape index (κ2) is 9.44. The number of nitrogens with zero attached hydrogens (tertiary/aromatic N) is 3. The van der Waals surface area contributed by atoms with Crippen molar-refractivity contribution >= 4 is 43.8 Å². The monoisotopic (exact) mass is 472 g/mol. The van der Waals surface area contributed by atoms with Crippen LogP contribution in [0, 0.1) is 0 Å². The zero-order valence-corrected chi connectivity index (χ0v) is 17.5. The van der Waals surface area contributed by atoms with Crippen LogP contribution in [0.4, 0.5) is 5.69 Å². The summed E-state index contributed by atoms with van der Waals surface area (Å²) < 4.78 is 28.0. The topological polar surface area (TPSA) is 91.7 Å². The Kier molecular flexibility index (Phi) is 6.73. The van der Waals surface area contributed by atoms with Crippen molar-refractivity contribution in [3.63, 3.8) is 0 Å². The molecule has 0 atom stereocenters. The molecule has 0 aliphatic rings. The molecule has 29 heavy (non-hydrogen) atoms. The first-order valence-corrected chi connectivity index (χ1v) is 10.8. The van der Waals surface area contributed by atoms with Gasteiger partial charge in [0, 0.05) is 10.7 Å². The molecule has 1 aromatic heterocycles. The molecule has 0 unspecified atom stereocenters. The number of nitrogens with one attached hydrogen (secondary N) is 1. The Labute approximate surface area is 177 Å². The van der Waals surface area contributed by atoms with Gasteiger partial charge in [0.15, 0.2) is 0 Å². The average molecular weight is 473 g/mol. The fourth-order valence-corrected chi connectivity index (χ4v) is 4.28. The van der Waals surface area contributed by atoms with Crippen LogP contribution < -0.4 is 9.73 Å². The third-order valence-corrected chi connectivity index (χ3v) is 6.07. The quantitative estimate of drug-likeness (QED) is 0.422. The van der Waals surface area contributed by atoms with Gasteiger partial charge in [-0.1, -0.05) is 46.3 Å². The van der Waals surface area contributed by atoms with Crippen molar-refractivity contribution in [1.82, 2.24) is 10.4 Å². The molecule has 2 aromatic carbocycles. The number of carbonyl (C=O) groups is 1. The van der Waals surface area contributed by atoms with E-state index >= 15 is 0 Å². The molecule has 0 aliphatic heterocycles. The van der Waals surface area contributed by atoms with E-state index in [1.54, 1.807) is 66.9 Å². The van der Waals surface area contributed by atoms with Crippen LogP contribution in [0.15, 0.2) is 93.5 Å². The molecule has 1 N–H and O–H groups in total. The maximum atomic E-state index is 13.2. The first kappa shape index (κ1) is 20.7. The van der Waals surface area contributed by atoms with Gasteiger partial charge >= 0.3 is 0 Å². The molecule has 0 radical (unpaired) electrons. The van der Waals surface area contributed by atoms with Crippen LogP contribution >= 0.6 is 15.9 Å². The van der Waals surface area contributed by atoms with E-state index < -0.39 is 22.5 Å². The fraction of sp³-hybridized carbons (Fsp3) is 0.0500. The van der Waals surface area contributed by atoms with Crippen molar-refractivity contribution in [1.29, 1.82) is 0 Å². The smallest absolute Gasteiger partial charge is 0.264 e. The van der Waals surface area contributed by atoms with Crippen molar-refractivity contribution < 1.29 is 13.2 Å². The minimum absolute atomic E-state index is 0.0877. The van der Waals surface area contributed by atoms with Gasteiger partial charge in [-0.2, -0.15) is 5.10 Å². The van der Waals surface area contributed by atoms with Crippen molar-refractivity contribution in [2.45, 2.75) is 4.90 Å². The minimum Gasteiger partial charge on any atom is -0.271 e. The van der Waals surface area contributed by atoms with Gasteiger partial charge in [0.1, 0.15) is 6.54 Å². The standard InChI is InChI=1S/C20H17BrN4O3S/c21-16-7-6-9-18(13-16)25(29(27,28)19-10-2-1-3-11-19)15-20(26)24-23-14-17-8-4-5-12-22-17/h1-14H,15H2,(H,24,26)/b23-14-. The molecule has 1 amide bonds. The Bertz CT molecular complexity index is 1110. The predicted octanol–water partition coefficient (Wildman–Crippen LogP) is 3.19. The number of benzene rings is 2.